The molecule has 0 radical (unpaired) electrons. The van der Waals surface area contributed by atoms with Crippen LogP contribution in [0.2, 0.25) is 0 Å². The van der Waals surface area contributed by atoms with Crippen molar-refractivity contribution < 1.29 is 9.21 Å². The van der Waals surface area contributed by atoms with Crippen molar-refractivity contribution in [3.8, 4) is 0 Å². The first-order valence-electron chi connectivity index (χ1n) is 8.19. The lowest BCUT2D eigenvalue weighted by Crippen LogP contribution is -2.26. The number of benzene rings is 1. The highest BCUT2D eigenvalue weighted by molar-refractivity contribution is 5.95. The lowest BCUT2D eigenvalue weighted by atomic mass is 10.1. The average Bonchev–Trinajstić information content (AvgIpc) is 2.89. The Bertz CT molecular complexity index is 657. The van der Waals surface area contributed by atoms with Gasteiger partial charge in [-0.05, 0) is 44.1 Å². The number of hydrogen-bond acceptors (Lipinski definition) is 3. The van der Waals surface area contributed by atoms with E-state index in [9.17, 15) is 4.79 Å². The van der Waals surface area contributed by atoms with Crippen LogP contribution in [0.25, 0.3) is 0 Å². The lowest BCUT2D eigenvalue weighted by molar-refractivity contribution is 0.0949. The van der Waals surface area contributed by atoms with Crippen LogP contribution in [-0.4, -0.2) is 23.9 Å². The number of nitrogens with one attached hydrogen (secondary N) is 1. The molecule has 0 aliphatic carbocycles. The van der Waals surface area contributed by atoms with Crippen molar-refractivity contribution in [1.29, 1.82) is 0 Å². The highest BCUT2D eigenvalue weighted by atomic mass is 16.3. The van der Waals surface area contributed by atoms with Crippen LogP contribution < -0.4 is 5.32 Å². The Morgan fingerprint density at radius 3 is 2.35 bits per heavy atom. The van der Waals surface area contributed by atoms with E-state index < -0.39 is 0 Å². The minimum absolute atomic E-state index is 0.0861. The third-order valence-electron chi connectivity index (χ3n) is 4.13. The molecule has 1 aromatic heterocycles. The number of carbonyl (C=O) groups excluding carboxylic acids is 1. The zero-order valence-electron chi connectivity index (χ0n) is 14.5. The first-order valence-corrected chi connectivity index (χ1v) is 8.19. The number of furan rings is 1. The van der Waals surface area contributed by atoms with Gasteiger partial charge < -0.3 is 9.73 Å². The highest BCUT2D eigenvalue weighted by Gasteiger charge is 2.14. The largest absolute Gasteiger partial charge is 0.466 e. The van der Waals surface area contributed by atoms with E-state index in [0.29, 0.717) is 17.9 Å². The van der Waals surface area contributed by atoms with Crippen LogP contribution in [0.15, 0.2) is 34.7 Å². The van der Waals surface area contributed by atoms with E-state index in [1.54, 1.807) is 6.07 Å². The number of rotatable bonds is 7. The van der Waals surface area contributed by atoms with E-state index in [-0.39, 0.29) is 5.91 Å². The minimum atomic E-state index is -0.0861. The smallest absolute Gasteiger partial charge is 0.255 e. The molecule has 0 unspecified atom stereocenters. The highest BCUT2D eigenvalue weighted by Crippen LogP contribution is 2.15. The van der Waals surface area contributed by atoms with Gasteiger partial charge >= 0.3 is 0 Å². The van der Waals surface area contributed by atoms with Gasteiger partial charge in [0.25, 0.3) is 5.91 Å². The van der Waals surface area contributed by atoms with E-state index in [0.717, 1.165) is 31.0 Å². The number of hydrogen-bond donors (Lipinski definition) is 1. The monoisotopic (exact) mass is 314 g/mol. The van der Waals surface area contributed by atoms with Crippen molar-refractivity contribution in [1.82, 2.24) is 10.2 Å². The number of nitrogens with zero attached hydrogens (tertiary/aromatic N) is 1. The molecule has 2 aromatic rings. The fourth-order valence-electron chi connectivity index (χ4n) is 2.70. The Morgan fingerprint density at radius 1 is 1.13 bits per heavy atom. The molecular formula is C19H26N2O2. The summed E-state index contributed by atoms with van der Waals surface area (Å²) < 4.78 is 5.43. The molecular weight excluding hydrogens is 288 g/mol. The quantitative estimate of drug-likeness (QED) is 0.848. The topological polar surface area (TPSA) is 45.5 Å². The summed E-state index contributed by atoms with van der Waals surface area (Å²) in [4.78, 5) is 14.7. The zero-order valence-corrected chi connectivity index (χ0v) is 14.5. The van der Waals surface area contributed by atoms with Crippen molar-refractivity contribution in [2.24, 2.45) is 0 Å². The molecule has 4 heteroatoms. The molecule has 0 saturated carbocycles. The average molecular weight is 314 g/mol. The molecule has 0 bridgehead atoms. The Balaban J connectivity index is 2.06. The zero-order chi connectivity index (χ0) is 16.8. The third-order valence-corrected chi connectivity index (χ3v) is 4.13. The normalized spacial score (nSPS) is 11.0. The first kappa shape index (κ1) is 17.3. The van der Waals surface area contributed by atoms with Crippen LogP contribution in [0.4, 0.5) is 0 Å². The maximum atomic E-state index is 12.3. The molecule has 2 rings (SSSR count). The van der Waals surface area contributed by atoms with Gasteiger partial charge in [0.1, 0.15) is 11.5 Å². The maximum Gasteiger partial charge on any atom is 0.255 e. The van der Waals surface area contributed by atoms with E-state index >= 15 is 0 Å². The van der Waals surface area contributed by atoms with Crippen LogP contribution in [0.1, 0.15) is 46.9 Å². The van der Waals surface area contributed by atoms with Crippen LogP contribution in [-0.2, 0) is 13.1 Å². The molecule has 1 heterocycles. The molecule has 4 nitrogen and oxygen atoms in total. The summed E-state index contributed by atoms with van der Waals surface area (Å²) in [5, 5.41) is 3.00. The van der Waals surface area contributed by atoms with Crippen molar-refractivity contribution in [3.05, 3.63) is 58.5 Å². The molecule has 1 aromatic carbocycles. The summed E-state index contributed by atoms with van der Waals surface area (Å²) in [6, 6.07) is 10.1. The Morgan fingerprint density at radius 2 is 1.78 bits per heavy atom. The molecule has 23 heavy (non-hydrogen) atoms. The summed E-state index contributed by atoms with van der Waals surface area (Å²) in [5.41, 5.74) is 3.03. The summed E-state index contributed by atoms with van der Waals surface area (Å²) in [6.45, 7) is 11.5. The van der Waals surface area contributed by atoms with Crippen molar-refractivity contribution in [2.45, 2.75) is 40.8 Å². The Hall–Kier alpha value is -2.07. The van der Waals surface area contributed by atoms with Gasteiger partial charge in [0.05, 0.1) is 5.56 Å². The Labute approximate surface area is 138 Å². The van der Waals surface area contributed by atoms with Gasteiger partial charge in [-0.1, -0.05) is 38.1 Å². The van der Waals surface area contributed by atoms with Crippen LogP contribution in [0.3, 0.4) is 0 Å². The summed E-state index contributed by atoms with van der Waals surface area (Å²) in [5.74, 6) is 1.34. The third kappa shape index (κ3) is 4.45. The van der Waals surface area contributed by atoms with E-state index in [1.807, 2.05) is 26.0 Å². The fourth-order valence-corrected chi connectivity index (χ4v) is 2.70. The second kappa shape index (κ2) is 7.97. The van der Waals surface area contributed by atoms with Gasteiger partial charge in [-0.2, -0.15) is 0 Å². The molecule has 0 spiro atoms. The van der Waals surface area contributed by atoms with Gasteiger partial charge in [0.15, 0.2) is 0 Å². The summed E-state index contributed by atoms with van der Waals surface area (Å²) in [7, 11) is 0. The summed E-state index contributed by atoms with van der Waals surface area (Å²) >= 11 is 0. The van der Waals surface area contributed by atoms with Crippen LogP contribution in [0.5, 0.6) is 0 Å². The molecule has 0 aliphatic heterocycles. The molecule has 124 valence electrons. The lowest BCUT2D eigenvalue weighted by Gasteiger charge is -2.20. The van der Waals surface area contributed by atoms with E-state index in [2.05, 4.69) is 36.2 Å². The van der Waals surface area contributed by atoms with Gasteiger partial charge in [0, 0.05) is 13.1 Å². The summed E-state index contributed by atoms with van der Waals surface area (Å²) in [6.07, 6.45) is 0. The van der Waals surface area contributed by atoms with Gasteiger partial charge in [-0.15, -0.1) is 0 Å². The van der Waals surface area contributed by atoms with E-state index in [1.165, 1.54) is 5.56 Å². The number of aryl methyl sites for hydroxylation is 2. The van der Waals surface area contributed by atoms with E-state index in [4.69, 9.17) is 4.42 Å². The van der Waals surface area contributed by atoms with Gasteiger partial charge in [-0.3, -0.25) is 9.69 Å². The predicted octanol–water partition coefficient (Wildman–Crippen LogP) is 3.67. The van der Waals surface area contributed by atoms with Gasteiger partial charge in [-0.25, -0.2) is 0 Å². The van der Waals surface area contributed by atoms with Gasteiger partial charge in [0.2, 0.25) is 0 Å². The SMILES string of the molecule is CCN(CC)Cc1ccccc1CNC(=O)c1cc(C)oc1C. The van der Waals surface area contributed by atoms with Crippen molar-refractivity contribution in [2.75, 3.05) is 13.1 Å². The molecule has 0 aliphatic rings. The minimum Gasteiger partial charge on any atom is -0.466 e. The molecule has 1 amide bonds. The second-order valence-electron chi connectivity index (χ2n) is 5.74. The Kier molecular flexibility index (Phi) is 5.99. The molecule has 0 saturated heterocycles. The first-order chi connectivity index (χ1) is 11.0. The maximum absolute atomic E-state index is 12.3. The molecule has 0 atom stereocenters. The predicted molar refractivity (Wildman–Crippen MR) is 92.4 cm³/mol. The standard InChI is InChI=1S/C19H26N2O2/c1-5-21(6-2)13-17-10-8-7-9-16(17)12-20-19(22)18-11-14(3)23-15(18)4/h7-11H,5-6,12-13H2,1-4H3,(H,20,22). The number of carbonyl (C=O) groups is 1. The molecule has 0 fully saturated rings. The second-order valence-corrected chi connectivity index (χ2v) is 5.74. The van der Waals surface area contributed by atoms with Crippen molar-refractivity contribution in [3.63, 3.8) is 0 Å². The van der Waals surface area contributed by atoms with Crippen LogP contribution in [0, 0.1) is 13.8 Å². The molecule has 1 N–H and O–H groups in total. The fraction of sp³-hybridized carbons (Fsp3) is 0.421. The number of amides is 1. The van der Waals surface area contributed by atoms with Crippen molar-refractivity contribution >= 4 is 5.91 Å². The van der Waals surface area contributed by atoms with Crippen LogP contribution >= 0.6 is 0 Å².